The predicted molar refractivity (Wildman–Crippen MR) is 86.8 cm³/mol. The quantitative estimate of drug-likeness (QED) is 0.883. The average molecular weight is 335 g/mol. The standard InChI is InChI=1S/C17H16ClFN2O2/c1-11-5-2-3-6-12(11)9-20-15(22)10-21-17(23)16-13(18)7-4-8-14(16)19/h2-8H,9-10H2,1H3,(H,20,22)(H,21,23). The van der Waals surface area contributed by atoms with Crippen LogP contribution in [0.3, 0.4) is 0 Å². The predicted octanol–water partition coefficient (Wildman–Crippen LogP) is 2.83. The van der Waals surface area contributed by atoms with Gasteiger partial charge in [0.05, 0.1) is 17.1 Å². The fraction of sp³-hybridized carbons (Fsp3) is 0.176. The SMILES string of the molecule is Cc1ccccc1CNC(=O)CNC(=O)c1c(F)cccc1Cl. The van der Waals surface area contributed by atoms with Gasteiger partial charge in [-0.1, -0.05) is 41.9 Å². The molecule has 0 unspecified atom stereocenters. The minimum absolute atomic E-state index is 0.00261. The van der Waals surface area contributed by atoms with Gasteiger partial charge in [0.2, 0.25) is 5.91 Å². The Labute approximate surface area is 138 Å². The first-order valence-electron chi connectivity index (χ1n) is 7.02. The molecule has 0 aliphatic rings. The topological polar surface area (TPSA) is 58.2 Å². The summed E-state index contributed by atoms with van der Waals surface area (Å²) in [6.45, 7) is 2.06. The fourth-order valence-electron chi connectivity index (χ4n) is 2.03. The highest BCUT2D eigenvalue weighted by Crippen LogP contribution is 2.18. The summed E-state index contributed by atoms with van der Waals surface area (Å²) in [6.07, 6.45) is 0. The van der Waals surface area contributed by atoms with Gasteiger partial charge < -0.3 is 10.6 Å². The van der Waals surface area contributed by atoms with Crippen molar-refractivity contribution in [3.05, 3.63) is 70.0 Å². The third kappa shape index (κ3) is 4.53. The van der Waals surface area contributed by atoms with Crippen LogP contribution in [0.1, 0.15) is 21.5 Å². The molecular weight excluding hydrogens is 319 g/mol. The van der Waals surface area contributed by atoms with E-state index in [0.29, 0.717) is 6.54 Å². The van der Waals surface area contributed by atoms with Crippen molar-refractivity contribution in [1.82, 2.24) is 10.6 Å². The van der Waals surface area contributed by atoms with E-state index in [1.165, 1.54) is 12.1 Å². The molecule has 120 valence electrons. The van der Waals surface area contributed by atoms with E-state index in [4.69, 9.17) is 11.6 Å². The largest absolute Gasteiger partial charge is 0.350 e. The number of benzene rings is 2. The molecule has 0 spiro atoms. The van der Waals surface area contributed by atoms with E-state index in [-0.39, 0.29) is 23.0 Å². The number of amides is 2. The lowest BCUT2D eigenvalue weighted by atomic mass is 10.1. The van der Waals surface area contributed by atoms with E-state index in [1.807, 2.05) is 31.2 Å². The number of hydrogen-bond donors (Lipinski definition) is 2. The second-order valence-electron chi connectivity index (χ2n) is 4.98. The number of carbonyl (C=O) groups is 2. The van der Waals surface area contributed by atoms with Crippen molar-refractivity contribution in [2.24, 2.45) is 0 Å². The molecule has 2 rings (SSSR count). The van der Waals surface area contributed by atoms with Crippen molar-refractivity contribution in [2.45, 2.75) is 13.5 Å². The molecule has 2 amide bonds. The second-order valence-corrected chi connectivity index (χ2v) is 5.39. The van der Waals surface area contributed by atoms with Crippen LogP contribution in [-0.2, 0) is 11.3 Å². The van der Waals surface area contributed by atoms with Crippen molar-refractivity contribution < 1.29 is 14.0 Å². The van der Waals surface area contributed by atoms with Crippen LogP contribution in [0, 0.1) is 12.7 Å². The molecule has 2 N–H and O–H groups in total. The molecule has 6 heteroatoms. The monoisotopic (exact) mass is 334 g/mol. The van der Waals surface area contributed by atoms with Gasteiger partial charge >= 0.3 is 0 Å². The lowest BCUT2D eigenvalue weighted by Crippen LogP contribution is -2.37. The number of halogens is 2. The smallest absolute Gasteiger partial charge is 0.256 e. The maximum Gasteiger partial charge on any atom is 0.256 e. The maximum atomic E-state index is 13.6. The maximum absolute atomic E-state index is 13.6. The zero-order chi connectivity index (χ0) is 16.8. The molecule has 0 saturated carbocycles. The first kappa shape index (κ1) is 17.0. The van der Waals surface area contributed by atoms with Crippen LogP contribution in [0.25, 0.3) is 0 Å². The van der Waals surface area contributed by atoms with Crippen LogP contribution in [0.2, 0.25) is 5.02 Å². The van der Waals surface area contributed by atoms with Gasteiger partial charge in [-0.3, -0.25) is 9.59 Å². The summed E-state index contributed by atoms with van der Waals surface area (Å²) in [5.41, 5.74) is 1.79. The number of nitrogens with one attached hydrogen (secondary N) is 2. The molecule has 0 atom stereocenters. The van der Waals surface area contributed by atoms with E-state index in [1.54, 1.807) is 0 Å². The molecule has 0 fully saturated rings. The molecule has 2 aromatic carbocycles. The first-order chi connectivity index (χ1) is 11.0. The molecule has 4 nitrogen and oxygen atoms in total. The summed E-state index contributed by atoms with van der Waals surface area (Å²) < 4.78 is 13.6. The minimum atomic E-state index is -0.727. The van der Waals surface area contributed by atoms with Gasteiger partial charge in [-0.05, 0) is 30.2 Å². The Morgan fingerprint density at radius 1 is 1.09 bits per heavy atom. The van der Waals surface area contributed by atoms with E-state index in [0.717, 1.165) is 17.2 Å². The molecule has 0 saturated heterocycles. The zero-order valence-corrected chi connectivity index (χ0v) is 13.3. The summed E-state index contributed by atoms with van der Waals surface area (Å²) in [7, 11) is 0. The third-order valence-electron chi connectivity index (χ3n) is 3.34. The molecule has 0 aliphatic carbocycles. The average Bonchev–Trinajstić information content (AvgIpc) is 2.52. The van der Waals surface area contributed by atoms with Crippen molar-refractivity contribution in [1.29, 1.82) is 0 Å². The summed E-state index contributed by atoms with van der Waals surface area (Å²) in [4.78, 5) is 23.7. The molecule has 0 aliphatic heterocycles. The van der Waals surface area contributed by atoms with Crippen LogP contribution in [-0.4, -0.2) is 18.4 Å². The molecule has 2 aromatic rings. The zero-order valence-electron chi connectivity index (χ0n) is 12.5. The van der Waals surface area contributed by atoms with Gasteiger partial charge in [-0.15, -0.1) is 0 Å². The summed E-state index contributed by atoms with van der Waals surface area (Å²) in [6, 6.07) is 11.6. The minimum Gasteiger partial charge on any atom is -0.350 e. The molecule has 0 radical (unpaired) electrons. The Hall–Kier alpha value is -2.40. The van der Waals surface area contributed by atoms with Crippen molar-refractivity contribution in [3.8, 4) is 0 Å². The number of hydrogen-bond acceptors (Lipinski definition) is 2. The number of rotatable bonds is 5. The number of aryl methyl sites for hydroxylation is 1. The lowest BCUT2D eigenvalue weighted by molar-refractivity contribution is -0.120. The van der Waals surface area contributed by atoms with E-state index < -0.39 is 11.7 Å². The number of carbonyl (C=O) groups excluding carboxylic acids is 2. The molecule has 0 heterocycles. The Morgan fingerprint density at radius 3 is 2.52 bits per heavy atom. The Kier molecular flexibility index (Phi) is 5.71. The van der Waals surface area contributed by atoms with Gasteiger partial charge in [-0.2, -0.15) is 0 Å². The van der Waals surface area contributed by atoms with Crippen LogP contribution in [0.15, 0.2) is 42.5 Å². The van der Waals surface area contributed by atoms with Gasteiger partial charge in [-0.25, -0.2) is 4.39 Å². The van der Waals surface area contributed by atoms with Crippen molar-refractivity contribution in [3.63, 3.8) is 0 Å². The van der Waals surface area contributed by atoms with Gasteiger partial charge in [0, 0.05) is 6.54 Å². The molecule has 0 aromatic heterocycles. The summed E-state index contributed by atoms with van der Waals surface area (Å²) in [5, 5.41) is 5.05. The van der Waals surface area contributed by atoms with Gasteiger partial charge in [0.15, 0.2) is 0 Å². The van der Waals surface area contributed by atoms with E-state index in [9.17, 15) is 14.0 Å². The Balaban J connectivity index is 1.87. The summed E-state index contributed by atoms with van der Waals surface area (Å²) in [5.74, 6) is -1.82. The highest BCUT2D eigenvalue weighted by molar-refractivity contribution is 6.33. The van der Waals surface area contributed by atoms with E-state index >= 15 is 0 Å². The highest BCUT2D eigenvalue weighted by atomic mass is 35.5. The van der Waals surface area contributed by atoms with Crippen LogP contribution in [0.4, 0.5) is 4.39 Å². The first-order valence-corrected chi connectivity index (χ1v) is 7.40. The summed E-state index contributed by atoms with van der Waals surface area (Å²) >= 11 is 5.80. The van der Waals surface area contributed by atoms with Crippen LogP contribution >= 0.6 is 11.6 Å². The van der Waals surface area contributed by atoms with Crippen LogP contribution in [0.5, 0.6) is 0 Å². The molecule has 0 bridgehead atoms. The third-order valence-corrected chi connectivity index (χ3v) is 3.65. The molecule has 23 heavy (non-hydrogen) atoms. The van der Waals surface area contributed by atoms with Crippen molar-refractivity contribution in [2.75, 3.05) is 6.54 Å². The van der Waals surface area contributed by atoms with E-state index in [2.05, 4.69) is 10.6 Å². The fourth-order valence-corrected chi connectivity index (χ4v) is 2.28. The normalized spacial score (nSPS) is 10.2. The Morgan fingerprint density at radius 2 is 1.83 bits per heavy atom. The molecular formula is C17H16ClFN2O2. The highest BCUT2D eigenvalue weighted by Gasteiger charge is 2.16. The van der Waals surface area contributed by atoms with Gasteiger partial charge in [0.1, 0.15) is 5.82 Å². The van der Waals surface area contributed by atoms with Gasteiger partial charge in [0.25, 0.3) is 5.91 Å². The van der Waals surface area contributed by atoms with Crippen LogP contribution < -0.4 is 10.6 Å². The van der Waals surface area contributed by atoms with Crippen molar-refractivity contribution >= 4 is 23.4 Å². The Bertz CT molecular complexity index is 714. The second kappa shape index (κ2) is 7.74. The lowest BCUT2D eigenvalue weighted by Gasteiger charge is -2.10.